The van der Waals surface area contributed by atoms with Crippen LogP contribution in [0.25, 0.3) is 0 Å². The number of rotatable bonds is 6. The second-order valence-corrected chi connectivity index (χ2v) is 7.78. The molecule has 0 aliphatic rings. The fourth-order valence-corrected chi connectivity index (χ4v) is 3.62. The van der Waals surface area contributed by atoms with E-state index in [1.54, 1.807) is 11.3 Å². The van der Waals surface area contributed by atoms with E-state index < -0.39 is 0 Å². The third kappa shape index (κ3) is 4.67. The van der Waals surface area contributed by atoms with Crippen LogP contribution in [-0.4, -0.2) is 11.5 Å². The van der Waals surface area contributed by atoms with Crippen molar-refractivity contribution in [3.05, 3.63) is 49.3 Å². The predicted molar refractivity (Wildman–Crippen MR) is 88.7 cm³/mol. The van der Waals surface area contributed by atoms with Gasteiger partial charge in [-0.3, -0.25) is 4.98 Å². The third-order valence-corrected chi connectivity index (χ3v) is 4.90. The van der Waals surface area contributed by atoms with Gasteiger partial charge in [0, 0.05) is 22.0 Å². The first-order chi connectivity index (χ1) is 9.19. The van der Waals surface area contributed by atoms with Gasteiger partial charge >= 0.3 is 0 Å². The van der Waals surface area contributed by atoms with Crippen LogP contribution >= 0.6 is 43.2 Å². The van der Waals surface area contributed by atoms with Gasteiger partial charge in [0.05, 0.1) is 15.5 Å². The maximum Gasteiger partial charge on any atom is 0.0701 e. The number of hydrogen-bond donors (Lipinski definition) is 1. The van der Waals surface area contributed by atoms with Gasteiger partial charge < -0.3 is 5.32 Å². The van der Waals surface area contributed by atoms with Crippen molar-refractivity contribution in [2.45, 2.75) is 25.8 Å². The highest BCUT2D eigenvalue weighted by Crippen LogP contribution is 2.26. The molecule has 0 aromatic carbocycles. The molecule has 5 heteroatoms. The van der Waals surface area contributed by atoms with Crippen LogP contribution in [0.1, 0.15) is 30.0 Å². The number of pyridine rings is 1. The number of aromatic nitrogens is 1. The molecule has 2 rings (SSSR count). The van der Waals surface area contributed by atoms with Crippen molar-refractivity contribution in [3.63, 3.8) is 0 Å². The molecule has 1 N–H and O–H groups in total. The highest BCUT2D eigenvalue weighted by Gasteiger charge is 2.14. The molecule has 0 bridgehead atoms. The fraction of sp³-hybridized carbons (Fsp3) is 0.357. The summed E-state index contributed by atoms with van der Waals surface area (Å²) in [5.41, 5.74) is 1.10. The Morgan fingerprint density at radius 3 is 2.68 bits per heavy atom. The van der Waals surface area contributed by atoms with Crippen LogP contribution in [0.5, 0.6) is 0 Å². The zero-order valence-corrected chi connectivity index (χ0v) is 14.7. The van der Waals surface area contributed by atoms with Crippen LogP contribution in [0.15, 0.2) is 38.7 Å². The summed E-state index contributed by atoms with van der Waals surface area (Å²) in [4.78, 5) is 5.88. The highest BCUT2D eigenvalue weighted by atomic mass is 79.9. The molecule has 2 aromatic heterocycles. The lowest BCUT2D eigenvalue weighted by Gasteiger charge is -2.17. The monoisotopic (exact) mass is 402 g/mol. The van der Waals surface area contributed by atoms with Crippen molar-refractivity contribution >= 4 is 43.2 Å². The highest BCUT2D eigenvalue weighted by molar-refractivity contribution is 9.11. The summed E-state index contributed by atoms with van der Waals surface area (Å²) in [5.74, 6) is 0. The molecule has 19 heavy (non-hydrogen) atoms. The number of hydrogen-bond acceptors (Lipinski definition) is 3. The number of halogens is 2. The minimum absolute atomic E-state index is 0.276. The molecule has 0 radical (unpaired) electrons. The topological polar surface area (TPSA) is 24.9 Å². The van der Waals surface area contributed by atoms with E-state index >= 15 is 0 Å². The first-order valence-electron chi connectivity index (χ1n) is 6.28. The zero-order valence-electron chi connectivity index (χ0n) is 10.7. The summed E-state index contributed by atoms with van der Waals surface area (Å²) in [6.45, 7) is 3.19. The van der Waals surface area contributed by atoms with Crippen molar-refractivity contribution in [3.8, 4) is 0 Å². The number of nitrogens with zero attached hydrogens (tertiary/aromatic N) is 1. The maximum atomic E-state index is 4.52. The molecule has 102 valence electrons. The molecule has 0 saturated heterocycles. The van der Waals surface area contributed by atoms with E-state index in [0.29, 0.717) is 0 Å². The Morgan fingerprint density at radius 1 is 1.26 bits per heavy atom. The number of nitrogens with one attached hydrogen (secondary N) is 1. The van der Waals surface area contributed by atoms with E-state index in [0.717, 1.165) is 29.6 Å². The van der Waals surface area contributed by atoms with Gasteiger partial charge in [-0.25, -0.2) is 0 Å². The molecular weight excluding hydrogens is 388 g/mol. The van der Waals surface area contributed by atoms with Gasteiger partial charge in [-0.2, -0.15) is 0 Å². The van der Waals surface area contributed by atoms with E-state index in [9.17, 15) is 0 Å². The van der Waals surface area contributed by atoms with Gasteiger partial charge in [0.2, 0.25) is 0 Å². The van der Waals surface area contributed by atoms with Gasteiger partial charge in [-0.1, -0.05) is 6.92 Å². The molecule has 2 heterocycles. The first kappa shape index (κ1) is 15.2. The minimum Gasteiger partial charge on any atom is -0.308 e. The lowest BCUT2D eigenvalue weighted by atomic mass is 10.1. The van der Waals surface area contributed by atoms with Crippen LogP contribution in [0.3, 0.4) is 0 Å². The molecule has 0 spiro atoms. The van der Waals surface area contributed by atoms with Crippen molar-refractivity contribution in [2.75, 3.05) is 6.54 Å². The Kier molecular flexibility index (Phi) is 6.01. The average molecular weight is 404 g/mol. The Bertz CT molecular complexity index is 510. The zero-order chi connectivity index (χ0) is 13.7. The number of thiophene rings is 1. The van der Waals surface area contributed by atoms with Crippen LogP contribution in [0.2, 0.25) is 0 Å². The van der Waals surface area contributed by atoms with Crippen molar-refractivity contribution in [1.82, 2.24) is 10.3 Å². The van der Waals surface area contributed by atoms with Gasteiger partial charge in [-0.15, -0.1) is 11.3 Å². The molecule has 0 amide bonds. The van der Waals surface area contributed by atoms with E-state index in [-0.39, 0.29) is 6.04 Å². The summed E-state index contributed by atoms with van der Waals surface area (Å²) in [5, 5.41) is 3.58. The lowest BCUT2D eigenvalue weighted by Crippen LogP contribution is -2.24. The summed E-state index contributed by atoms with van der Waals surface area (Å²) >= 11 is 8.73. The first-order valence-corrected chi connectivity index (χ1v) is 8.68. The fourth-order valence-electron chi connectivity index (χ4n) is 1.86. The molecule has 2 aromatic rings. The summed E-state index contributed by atoms with van der Waals surface area (Å²) in [7, 11) is 0. The molecule has 0 saturated carbocycles. The second kappa shape index (κ2) is 7.53. The summed E-state index contributed by atoms with van der Waals surface area (Å²) < 4.78 is 2.20. The standard InChI is InChI=1S/C14H16Br2N2S/c1-2-7-17-13(8-11-4-6-14(16)19-11)12-5-3-10(15)9-18-12/h3-6,9,13,17H,2,7-8H2,1H3. The second-order valence-electron chi connectivity index (χ2n) is 4.32. The summed E-state index contributed by atoms with van der Waals surface area (Å²) in [6.07, 6.45) is 3.96. The Balaban J connectivity index is 2.13. The third-order valence-electron chi connectivity index (χ3n) is 2.78. The molecule has 0 aliphatic carbocycles. The van der Waals surface area contributed by atoms with E-state index in [1.807, 2.05) is 12.3 Å². The molecule has 2 nitrogen and oxygen atoms in total. The van der Waals surface area contributed by atoms with Crippen LogP contribution in [-0.2, 0) is 6.42 Å². The Labute approximate surface area is 134 Å². The van der Waals surface area contributed by atoms with Gasteiger partial charge in [-0.05, 0) is 69.1 Å². The van der Waals surface area contributed by atoms with Gasteiger partial charge in [0.1, 0.15) is 0 Å². The average Bonchev–Trinajstić information content (AvgIpc) is 2.81. The van der Waals surface area contributed by atoms with E-state index in [2.05, 4.69) is 67.3 Å². The SMILES string of the molecule is CCCNC(Cc1ccc(Br)s1)c1ccc(Br)cn1. The summed E-state index contributed by atoms with van der Waals surface area (Å²) in [6, 6.07) is 8.69. The van der Waals surface area contributed by atoms with Gasteiger partial charge in [0.25, 0.3) is 0 Å². The van der Waals surface area contributed by atoms with Gasteiger partial charge in [0.15, 0.2) is 0 Å². The van der Waals surface area contributed by atoms with Crippen LogP contribution < -0.4 is 5.32 Å². The van der Waals surface area contributed by atoms with E-state index in [1.165, 1.54) is 8.66 Å². The minimum atomic E-state index is 0.276. The lowest BCUT2D eigenvalue weighted by molar-refractivity contribution is 0.520. The van der Waals surface area contributed by atoms with Crippen LogP contribution in [0, 0.1) is 0 Å². The molecule has 0 fully saturated rings. The quantitative estimate of drug-likeness (QED) is 0.737. The van der Waals surface area contributed by atoms with Crippen molar-refractivity contribution in [1.29, 1.82) is 0 Å². The molecule has 1 atom stereocenters. The van der Waals surface area contributed by atoms with Crippen molar-refractivity contribution in [2.24, 2.45) is 0 Å². The maximum absolute atomic E-state index is 4.52. The smallest absolute Gasteiger partial charge is 0.0701 e. The van der Waals surface area contributed by atoms with E-state index in [4.69, 9.17) is 0 Å². The molecule has 1 unspecified atom stereocenters. The Hall–Kier alpha value is -0.230. The predicted octanol–water partition coefficient (Wildman–Crippen LogP) is 4.95. The molecule has 0 aliphatic heterocycles. The van der Waals surface area contributed by atoms with Crippen molar-refractivity contribution < 1.29 is 0 Å². The van der Waals surface area contributed by atoms with Crippen LogP contribution in [0.4, 0.5) is 0 Å². The Morgan fingerprint density at radius 2 is 2.11 bits per heavy atom. The normalized spacial score (nSPS) is 12.6. The molecular formula is C14H16Br2N2S. The largest absolute Gasteiger partial charge is 0.308 e.